The molecule has 0 radical (unpaired) electrons. The zero-order valence-corrected chi connectivity index (χ0v) is 28.4. The van der Waals surface area contributed by atoms with E-state index in [2.05, 4.69) is 184 Å². The minimum absolute atomic E-state index is 0. The molecule has 0 bridgehead atoms. The summed E-state index contributed by atoms with van der Waals surface area (Å²) >= 11 is 2.16. The summed E-state index contributed by atoms with van der Waals surface area (Å²) in [7, 11) is 0. The molecule has 224 valence electrons. The van der Waals surface area contributed by atoms with Gasteiger partial charge in [-0.2, -0.15) is 6.08 Å². The molecule has 3 heteroatoms. The minimum atomic E-state index is 0. The van der Waals surface area contributed by atoms with Crippen LogP contribution in [0, 0.1) is 6.08 Å². The SMILES string of the molecule is [C-]1=CC=CC1.[Cl-].[Cl-].[Ti+2]=[C](c1ccccc1)c1ccccc1.c1ccc(-c2ccc3c(c2)[cH-]c2cc(-c4ccccc4)ccc23)cc1. The summed E-state index contributed by atoms with van der Waals surface area (Å²) in [5.74, 6) is 0. The van der Waals surface area contributed by atoms with E-state index in [0.29, 0.717) is 0 Å². The molecule has 46 heavy (non-hydrogen) atoms. The van der Waals surface area contributed by atoms with Crippen LogP contribution >= 0.6 is 0 Å². The molecule has 0 saturated carbocycles. The summed E-state index contributed by atoms with van der Waals surface area (Å²) in [5.41, 5.74) is 7.65. The molecule has 0 aliphatic heterocycles. The average molecular weight is 668 g/mol. The van der Waals surface area contributed by atoms with Gasteiger partial charge in [-0.05, 0) is 11.1 Å². The predicted molar refractivity (Wildman–Crippen MR) is 186 cm³/mol. The Morgan fingerprint density at radius 1 is 0.500 bits per heavy atom. The molecular weight excluding hydrogens is 635 g/mol. The van der Waals surface area contributed by atoms with Gasteiger partial charge in [-0.3, -0.25) is 6.08 Å². The summed E-state index contributed by atoms with van der Waals surface area (Å²) in [5, 5.41) is 5.27. The number of fused-ring (bicyclic) bond motifs is 3. The Labute approximate surface area is 296 Å². The van der Waals surface area contributed by atoms with Gasteiger partial charge in [0.1, 0.15) is 0 Å². The van der Waals surface area contributed by atoms with Gasteiger partial charge in [-0.15, -0.1) is 46.2 Å². The maximum atomic E-state index is 2.99. The Morgan fingerprint density at radius 2 is 0.913 bits per heavy atom. The molecule has 0 aromatic heterocycles. The Morgan fingerprint density at radius 3 is 1.26 bits per heavy atom. The minimum Gasteiger partial charge on any atom is -0.126 e. The zero-order chi connectivity index (χ0) is 30.0. The second-order valence-corrected chi connectivity index (χ2v) is 11.4. The third-order valence-electron chi connectivity index (χ3n) is 7.63. The van der Waals surface area contributed by atoms with Gasteiger partial charge in [0.25, 0.3) is 0 Å². The van der Waals surface area contributed by atoms with Crippen molar-refractivity contribution in [3.8, 4) is 22.3 Å². The van der Waals surface area contributed by atoms with Crippen LogP contribution in [-0.4, -0.2) is 3.81 Å². The molecule has 1 aliphatic carbocycles. The first-order valence-electron chi connectivity index (χ1n) is 14.9. The van der Waals surface area contributed by atoms with Gasteiger partial charge in [0, 0.05) is 0 Å². The molecule has 0 fully saturated rings. The molecule has 0 amide bonds. The fourth-order valence-corrected chi connectivity index (χ4v) is 5.88. The predicted octanol–water partition coefficient (Wildman–Crippen LogP) is 5.16. The van der Waals surface area contributed by atoms with E-state index in [1.807, 2.05) is 24.3 Å². The smallest absolute Gasteiger partial charge is 0.0259 e. The van der Waals surface area contributed by atoms with Crippen LogP contribution in [0.4, 0.5) is 0 Å². The third-order valence-corrected chi connectivity index (χ3v) is 8.53. The van der Waals surface area contributed by atoms with Gasteiger partial charge in [0.15, 0.2) is 0 Å². The Kier molecular flexibility index (Phi) is 13.2. The van der Waals surface area contributed by atoms with Gasteiger partial charge >= 0.3 is 95.6 Å². The molecule has 8 rings (SSSR count). The van der Waals surface area contributed by atoms with Crippen LogP contribution in [0.2, 0.25) is 0 Å². The monoisotopic (exact) mass is 666 g/mol. The van der Waals surface area contributed by atoms with E-state index in [1.165, 1.54) is 58.7 Å². The van der Waals surface area contributed by atoms with Crippen LogP contribution in [0.25, 0.3) is 43.8 Å². The first kappa shape index (κ1) is 34.7. The molecule has 7 aromatic rings. The Hall–Kier alpha value is -4.17. The van der Waals surface area contributed by atoms with Crippen molar-refractivity contribution < 1.29 is 44.8 Å². The van der Waals surface area contributed by atoms with Crippen LogP contribution in [0.15, 0.2) is 182 Å². The van der Waals surface area contributed by atoms with E-state index < -0.39 is 0 Å². The fourth-order valence-electron chi connectivity index (χ4n) is 5.36. The van der Waals surface area contributed by atoms with Crippen molar-refractivity contribution in [2.45, 2.75) is 6.42 Å². The number of hydrogen-bond donors (Lipinski definition) is 0. The first-order chi connectivity index (χ1) is 21.8. The second-order valence-electron chi connectivity index (χ2n) is 10.6. The second kappa shape index (κ2) is 17.5. The number of hydrogen-bond acceptors (Lipinski definition) is 0. The van der Waals surface area contributed by atoms with Crippen molar-refractivity contribution in [3.05, 3.63) is 199 Å². The molecule has 1 aliphatic rings. The molecule has 0 saturated heterocycles. The first-order valence-corrected chi connectivity index (χ1v) is 15.7. The van der Waals surface area contributed by atoms with Crippen LogP contribution in [0.5, 0.6) is 0 Å². The van der Waals surface area contributed by atoms with E-state index in [-0.39, 0.29) is 24.8 Å². The van der Waals surface area contributed by atoms with Crippen LogP contribution in [-0.2, 0) is 20.0 Å². The quantitative estimate of drug-likeness (QED) is 0.180. The van der Waals surface area contributed by atoms with Gasteiger partial charge in [-0.1, -0.05) is 96.1 Å². The van der Waals surface area contributed by atoms with Crippen molar-refractivity contribution in [3.63, 3.8) is 0 Å². The van der Waals surface area contributed by atoms with Crippen molar-refractivity contribution in [1.82, 2.24) is 0 Å². The summed E-state index contributed by atoms with van der Waals surface area (Å²) in [6.45, 7) is 0. The summed E-state index contributed by atoms with van der Waals surface area (Å²) < 4.78 is 1.33. The molecule has 0 atom stereocenters. The average Bonchev–Trinajstić information content (AvgIpc) is 3.81. The largest absolute Gasteiger partial charge is 0.126 e. The number of rotatable bonds is 4. The summed E-state index contributed by atoms with van der Waals surface area (Å²) in [6, 6.07) is 57.9. The van der Waals surface area contributed by atoms with Crippen molar-refractivity contribution in [1.29, 1.82) is 0 Å². The van der Waals surface area contributed by atoms with Crippen molar-refractivity contribution in [2.24, 2.45) is 0 Å². The number of halogens is 2. The number of benzene rings is 6. The maximum Gasteiger partial charge on any atom is -0.0259 e. The number of allylic oxidation sites excluding steroid dienone is 4. The zero-order valence-electron chi connectivity index (χ0n) is 25.3. The van der Waals surface area contributed by atoms with Crippen LogP contribution < -0.4 is 24.8 Å². The molecular formula is C43H32Cl2Ti-2. The Balaban J connectivity index is 0.000000193. The molecule has 0 heterocycles. The summed E-state index contributed by atoms with van der Waals surface area (Å²) in [6.07, 6.45) is 10.0. The third kappa shape index (κ3) is 8.76. The fraction of sp³-hybridized carbons (Fsp3) is 0.0233. The van der Waals surface area contributed by atoms with Gasteiger partial charge in [-0.25, -0.2) is 12.2 Å². The standard InChI is InChI=1S/C25H17.C13H10.C5H5.2ClH.Ti/c1-3-7-18(8-4-1)20-11-13-24-22(15-20)17-23-16-21(12-14-25(23)24)19-9-5-2-6-10-19;1-3-7-12(8-4-1)11-13-9-5-2-6-10-13;1-2-4-5-3-1;;;/h1-17H;1-10H;1-3H,4H2;2*1H;/q-1;;-1;;;+2/p-2. The normalized spacial score (nSPS) is 11.0. The van der Waals surface area contributed by atoms with E-state index in [0.717, 1.165) is 6.42 Å². The summed E-state index contributed by atoms with van der Waals surface area (Å²) in [4.78, 5) is 0. The van der Waals surface area contributed by atoms with E-state index in [9.17, 15) is 0 Å². The topological polar surface area (TPSA) is 0 Å². The molecule has 0 nitrogen and oxygen atoms in total. The van der Waals surface area contributed by atoms with Gasteiger partial charge in [0.2, 0.25) is 0 Å². The van der Waals surface area contributed by atoms with Crippen LogP contribution in [0.1, 0.15) is 17.5 Å². The molecule has 0 unspecified atom stereocenters. The van der Waals surface area contributed by atoms with Gasteiger partial charge < -0.3 is 24.8 Å². The van der Waals surface area contributed by atoms with E-state index in [4.69, 9.17) is 0 Å². The molecule has 0 spiro atoms. The van der Waals surface area contributed by atoms with Crippen molar-refractivity contribution >= 4 is 25.4 Å². The van der Waals surface area contributed by atoms with E-state index >= 15 is 0 Å². The Bertz CT molecular complexity index is 1880. The van der Waals surface area contributed by atoms with Crippen molar-refractivity contribution in [2.75, 3.05) is 0 Å². The van der Waals surface area contributed by atoms with Crippen LogP contribution in [0.3, 0.4) is 0 Å². The van der Waals surface area contributed by atoms with Gasteiger partial charge in [0.05, 0.1) is 0 Å². The maximum absolute atomic E-state index is 2.99. The van der Waals surface area contributed by atoms with E-state index in [1.54, 1.807) is 0 Å². The molecule has 7 aromatic carbocycles. The molecule has 0 N–H and O–H groups in total.